The quantitative estimate of drug-likeness (QED) is 0.850. The smallest absolute Gasteiger partial charge is 0.157 e. The zero-order valence-corrected chi connectivity index (χ0v) is 12.8. The molecule has 2 nitrogen and oxygen atoms in total. The summed E-state index contributed by atoms with van der Waals surface area (Å²) in [6.45, 7) is 5.49. The van der Waals surface area contributed by atoms with Gasteiger partial charge in [0.1, 0.15) is 0 Å². The molecule has 0 aromatic heterocycles. The van der Waals surface area contributed by atoms with E-state index in [0.717, 1.165) is 17.5 Å². The zero-order chi connectivity index (χ0) is 12.4. The fraction of sp³-hybridized carbons (Fsp3) is 0.923. The lowest BCUT2D eigenvalue weighted by Crippen LogP contribution is -2.38. The van der Waals surface area contributed by atoms with Crippen molar-refractivity contribution in [3.8, 4) is 0 Å². The number of hydrogen-bond acceptors (Lipinski definition) is 3. The third-order valence-electron chi connectivity index (χ3n) is 3.72. The second-order valence-electron chi connectivity index (χ2n) is 5.87. The van der Waals surface area contributed by atoms with Crippen molar-refractivity contribution in [3.05, 3.63) is 0 Å². The van der Waals surface area contributed by atoms with Crippen molar-refractivity contribution < 1.29 is 0 Å². The molecule has 0 bridgehead atoms. The summed E-state index contributed by atoms with van der Waals surface area (Å²) in [6, 6.07) is 0. The maximum atomic E-state index is 4.83. The Kier molecular flexibility index (Phi) is 4.35. The van der Waals surface area contributed by atoms with Crippen molar-refractivity contribution in [1.82, 2.24) is 5.32 Å². The molecule has 17 heavy (non-hydrogen) atoms. The van der Waals surface area contributed by atoms with Gasteiger partial charge < -0.3 is 5.32 Å². The van der Waals surface area contributed by atoms with E-state index in [1.54, 1.807) is 0 Å². The Morgan fingerprint density at radius 2 is 2.00 bits per heavy atom. The van der Waals surface area contributed by atoms with Crippen LogP contribution >= 0.6 is 23.5 Å². The molecule has 1 saturated heterocycles. The van der Waals surface area contributed by atoms with E-state index in [4.69, 9.17) is 4.99 Å². The second-order valence-corrected chi connectivity index (χ2v) is 8.11. The van der Waals surface area contributed by atoms with Gasteiger partial charge in [0.05, 0.1) is 6.54 Å². The Hall–Kier alpha value is 0.170. The molecule has 0 aromatic rings. The van der Waals surface area contributed by atoms with Gasteiger partial charge in [0.2, 0.25) is 0 Å². The van der Waals surface area contributed by atoms with E-state index in [2.05, 4.69) is 25.4 Å². The van der Waals surface area contributed by atoms with Crippen LogP contribution in [-0.4, -0.2) is 34.0 Å². The highest BCUT2D eigenvalue weighted by molar-refractivity contribution is 8.14. The number of thioether (sulfide) groups is 2. The predicted molar refractivity (Wildman–Crippen MR) is 81.3 cm³/mol. The zero-order valence-electron chi connectivity index (χ0n) is 11.2. The highest BCUT2D eigenvalue weighted by atomic mass is 32.2. The van der Waals surface area contributed by atoms with Crippen LogP contribution in [-0.2, 0) is 0 Å². The second kappa shape index (κ2) is 5.43. The van der Waals surface area contributed by atoms with Crippen LogP contribution in [0.5, 0.6) is 0 Å². The van der Waals surface area contributed by atoms with Gasteiger partial charge in [-0.2, -0.15) is 11.8 Å². The summed E-state index contributed by atoms with van der Waals surface area (Å²) >= 11 is 3.91. The molecule has 0 aromatic carbocycles. The molecular weight excluding hydrogens is 248 g/mol. The molecule has 0 spiro atoms. The van der Waals surface area contributed by atoms with E-state index >= 15 is 0 Å². The fourth-order valence-electron chi connectivity index (χ4n) is 2.53. The van der Waals surface area contributed by atoms with E-state index in [0.29, 0.717) is 4.75 Å². The molecule has 0 unspecified atom stereocenters. The summed E-state index contributed by atoms with van der Waals surface area (Å²) in [5, 5.41) is 4.68. The predicted octanol–water partition coefficient (Wildman–Crippen LogP) is 3.52. The van der Waals surface area contributed by atoms with Gasteiger partial charge in [0.15, 0.2) is 5.17 Å². The lowest BCUT2D eigenvalue weighted by atomic mass is 9.88. The molecule has 0 atom stereocenters. The topological polar surface area (TPSA) is 24.4 Å². The van der Waals surface area contributed by atoms with Gasteiger partial charge >= 0.3 is 0 Å². The van der Waals surface area contributed by atoms with Gasteiger partial charge in [-0.15, -0.1) is 0 Å². The van der Waals surface area contributed by atoms with E-state index < -0.39 is 0 Å². The Morgan fingerprint density at radius 3 is 2.53 bits per heavy atom. The lowest BCUT2D eigenvalue weighted by Gasteiger charge is -2.34. The molecular formula is C13H24N2S2. The normalized spacial score (nSPS) is 29.2. The minimum atomic E-state index is 0.225. The summed E-state index contributed by atoms with van der Waals surface area (Å²) in [7, 11) is 0. The Labute approximate surface area is 114 Å². The van der Waals surface area contributed by atoms with Gasteiger partial charge in [-0.1, -0.05) is 31.0 Å². The Morgan fingerprint density at radius 1 is 1.29 bits per heavy atom. The summed E-state index contributed by atoms with van der Waals surface area (Å²) in [6.07, 6.45) is 9.14. The molecule has 98 valence electrons. The largest absolute Gasteiger partial charge is 0.359 e. The summed E-state index contributed by atoms with van der Waals surface area (Å²) in [5.41, 5.74) is 0.225. The number of nitrogens with one attached hydrogen (secondary N) is 1. The number of rotatable bonds is 3. The SMILES string of the molecule is CSC1(CN=C2NC(C)(C)CS2)CCCCC1. The van der Waals surface area contributed by atoms with Gasteiger partial charge in [0, 0.05) is 16.0 Å². The molecule has 2 fully saturated rings. The molecule has 1 aliphatic heterocycles. The number of hydrogen-bond donors (Lipinski definition) is 1. The standard InChI is InChI=1S/C13H24N2S2/c1-12(2)10-17-11(15-12)14-9-13(16-3)7-5-4-6-8-13/h4-10H2,1-3H3,(H,14,15). The van der Waals surface area contributed by atoms with Crippen LogP contribution < -0.4 is 5.32 Å². The maximum Gasteiger partial charge on any atom is 0.157 e. The van der Waals surface area contributed by atoms with E-state index in [1.807, 2.05) is 23.5 Å². The summed E-state index contributed by atoms with van der Waals surface area (Å²) in [4.78, 5) is 4.83. The highest BCUT2D eigenvalue weighted by Crippen LogP contribution is 2.39. The first-order chi connectivity index (χ1) is 8.05. The van der Waals surface area contributed by atoms with Crippen LogP contribution in [0.4, 0.5) is 0 Å². The van der Waals surface area contributed by atoms with Gasteiger partial charge in [0.25, 0.3) is 0 Å². The van der Waals surface area contributed by atoms with E-state index in [9.17, 15) is 0 Å². The van der Waals surface area contributed by atoms with Crippen LogP contribution in [0.25, 0.3) is 0 Å². The first-order valence-electron chi connectivity index (χ1n) is 6.56. The third-order valence-corrected chi connectivity index (χ3v) is 6.50. The van der Waals surface area contributed by atoms with E-state index in [-0.39, 0.29) is 5.54 Å². The van der Waals surface area contributed by atoms with E-state index in [1.165, 1.54) is 32.1 Å². The van der Waals surface area contributed by atoms with Crippen molar-refractivity contribution in [2.75, 3.05) is 18.6 Å². The van der Waals surface area contributed by atoms with Crippen molar-refractivity contribution in [3.63, 3.8) is 0 Å². The summed E-state index contributed by atoms with van der Waals surface area (Å²) in [5.74, 6) is 1.14. The van der Waals surface area contributed by atoms with Crippen LogP contribution in [0.15, 0.2) is 4.99 Å². The molecule has 2 rings (SSSR count). The van der Waals surface area contributed by atoms with Crippen LogP contribution in [0.3, 0.4) is 0 Å². The highest BCUT2D eigenvalue weighted by Gasteiger charge is 2.32. The minimum Gasteiger partial charge on any atom is -0.359 e. The van der Waals surface area contributed by atoms with Crippen LogP contribution in [0, 0.1) is 0 Å². The molecule has 1 aliphatic carbocycles. The van der Waals surface area contributed by atoms with Crippen molar-refractivity contribution in [2.24, 2.45) is 4.99 Å². The Balaban J connectivity index is 1.93. The van der Waals surface area contributed by atoms with Crippen molar-refractivity contribution in [2.45, 2.75) is 56.2 Å². The molecule has 1 saturated carbocycles. The number of aliphatic imine (C=N–C) groups is 1. The fourth-order valence-corrected chi connectivity index (χ4v) is 4.50. The minimum absolute atomic E-state index is 0.225. The number of amidine groups is 1. The van der Waals surface area contributed by atoms with Gasteiger partial charge in [-0.05, 0) is 32.9 Å². The van der Waals surface area contributed by atoms with Gasteiger partial charge in [-0.25, -0.2) is 0 Å². The molecule has 2 aliphatic rings. The third kappa shape index (κ3) is 3.57. The molecule has 0 radical (unpaired) electrons. The van der Waals surface area contributed by atoms with Crippen LogP contribution in [0.1, 0.15) is 46.0 Å². The maximum absolute atomic E-state index is 4.83. The average Bonchev–Trinajstić information content (AvgIpc) is 2.68. The van der Waals surface area contributed by atoms with Gasteiger partial charge in [-0.3, -0.25) is 4.99 Å². The van der Waals surface area contributed by atoms with Crippen LogP contribution in [0.2, 0.25) is 0 Å². The lowest BCUT2D eigenvalue weighted by molar-refractivity contribution is 0.405. The monoisotopic (exact) mass is 272 g/mol. The molecule has 0 amide bonds. The average molecular weight is 272 g/mol. The molecule has 1 heterocycles. The summed E-state index contributed by atoms with van der Waals surface area (Å²) < 4.78 is 0.431. The van der Waals surface area contributed by atoms with Crippen molar-refractivity contribution >= 4 is 28.7 Å². The number of nitrogens with zero attached hydrogens (tertiary/aromatic N) is 1. The Bertz CT molecular complexity index is 294. The first kappa shape index (κ1) is 13.6. The molecule has 1 N–H and O–H groups in total. The van der Waals surface area contributed by atoms with Crippen molar-refractivity contribution in [1.29, 1.82) is 0 Å². The first-order valence-corrected chi connectivity index (χ1v) is 8.77. The molecule has 4 heteroatoms.